The average Bonchev–Trinajstić information content (AvgIpc) is 3.47. The maximum atomic E-state index is 9.88. The van der Waals surface area contributed by atoms with Crippen LogP contribution in [0.4, 0.5) is 0 Å². The Kier molecular flexibility index (Phi) is 7.37. The van der Waals surface area contributed by atoms with Crippen LogP contribution in [0, 0.1) is 17.8 Å². The normalized spacial score (nSPS) is 21.5. The zero-order chi connectivity index (χ0) is 21.6. The first-order valence-corrected chi connectivity index (χ1v) is 12.5. The maximum absolute atomic E-state index is 9.88. The highest BCUT2D eigenvalue weighted by atomic mass is 16.3. The van der Waals surface area contributed by atoms with Crippen molar-refractivity contribution in [3.8, 4) is 11.5 Å². The summed E-state index contributed by atoms with van der Waals surface area (Å²) in [6, 6.07) is 15.4. The molecule has 0 saturated heterocycles. The monoisotopic (exact) mass is 418 g/mol. The van der Waals surface area contributed by atoms with Gasteiger partial charge in [-0.1, -0.05) is 75.3 Å². The number of unbranched alkanes of at least 4 members (excludes halogenated alkanes) is 2. The average molecular weight is 419 g/mol. The lowest BCUT2D eigenvalue weighted by molar-refractivity contribution is 0.339. The Balaban J connectivity index is 1.74. The van der Waals surface area contributed by atoms with Crippen molar-refractivity contribution in [1.29, 1.82) is 0 Å². The number of hydrogen-bond donors (Lipinski definition) is 2. The van der Waals surface area contributed by atoms with Crippen LogP contribution >= 0.6 is 0 Å². The molecule has 2 saturated carbocycles. The molecule has 2 atom stereocenters. The fraction of sp³-hybridized carbons (Fsp3) is 0.517. The molecule has 2 heteroatoms. The van der Waals surface area contributed by atoms with E-state index in [-0.39, 0.29) is 0 Å². The first kappa shape index (κ1) is 22.0. The summed E-state index contributed by atoms with van der Waals surface area (Å²) in [6.07, 6.45) is 14.6. The van der Waals surface area contributed by atoms with Crippen molar-refractivity contribution in [2.24, 2.45) is 17.8 Å². The minimum Gasteiger partial charge on any atom is -0.508 e. The molecule has 0 radical (unpaired) electrons. The van der Waals surface area contributed by atoms with Gasteiger partial charge in [-0.2, -0.15) is 0 Å². The van der Waals surface area contributed by atoms with Crippen LogP contribution in [0.3, 0.4) is 0 Å². The Hall–Kier alpha value is -2.22. The molecular weight excluding hydrogens is 380 g/mol. The minimum atomic E-state index is 0.309. The van der Waals surface area contributed by atoms with Crippen molar-refractivity contribution in [2.45, 2.75) is 77.6 Å². The Morgan fingerprint density at radius 1 is 0.742 bits per heavy atom. The quantitative estimate of drug-likeness (QED) is 0.425. The number of phenols is 2. The standard InChI is InChI=1S/C29H38O2/c1-2-3-4-9-28(25-11-10-24(20-25)21-7-5-6-8-21)29(22-12-16-26(30)17-13-22)23-14-18-27(31)19-15-23/h12-19,21,24-25,30-31H,2-11,20H2,1H3. The van der Waals surface area contributed by atoms with Gasteiger partial charge in [-0.3, -0.25) is 0 Å². The van der Waals surface area contributed by atoms with Gasteiger partial charge in [0.15, 0.2) is 0 Å². The molecule has 31 heavy (non-hydrogen) atoms. The van der Waals surface area contributed by atoms with Gasteiger partial charge in [0.2, 0.25) is 0 Å². The molecule has 0 amide bonds. The first-order chi connectivity index (χ1) is 15.2. The predicted octanol–water partition coefficient (Wildman–Crippen LogP) is 8.09. The third-order valence-corrected chi connectivity index (χ3v) is 7.72. The molecule has 0 aliphatic heterocycles. The van der Waals surface area contributed by atoms with Crippen molar-refractivity contribution in [2.75, 3.05) is 0 Å². The van der Waals surface area contributed by atoms with Gasteiger partial charge in [-0.15, -0.1) is 0 Å². The summed E-state index contributed by atoms with van der Waals surface area (Å²) < 4.78 is 0. The van der Waals surface area contributed by atoms with Crippen LogP contribution in [0.25, 0.3) is 5.57 Å². The number of aromatic hydroxyl groups is 2. The van der Waals surface area contributed by atoms with Gasteiger partial charge < -0.3 is 10.2 Å². The second kappa shape index (κ2) is 10.4. The van der Waals surface area contributed by atoms with E-state index in [1.54, 1.807) is 29.8 Å². The molecule has 166 valence electrons. The fourth-order valence-corrected chi connectivity index (χ4v) is 6.08. The molecule has 0 bridgehead atoms. The fourth-order valence-electron chi connectivity index (χ4n) is 6.08. The van der Waals surface area contributed by atoms with E-state index >= 15 is 0 Å². The van der Waals surface area contributed by atoms with Crippen LogP contribution in [0.1, 0.15) is 88.7 Å². The Bertz CT molecular complexity index is 809. The number of hydrogen-bond acceptors (Lipinski definition) is 2. The zero-order valence-corrected chi connectivity index (χ0v) is 19.0. The van der Waals surface area contributed by atoms with Crippen molar-refractivity contribution < 1.29 is 10.2 Å². The second-order valence-corrected chi connectivity index (χ2v) is 9.77. The van der Waals surface area contributed by atoms with E-state index in [1.807, 2.05) is 0 Å². The van der Waals surface area contributed by atoms with Crippen LogP contribution < -0.4 is 0 Å². The predicted molar refractivity (Wildman–Crippen MR) is 129 cm³/mol. The van der Waals surface area contributed by atoms with Crippen LogP contribution in [0.2, 0.25) is 0 Å². The largest absolute Gasteiger partial charge is 0.508 e. The van der Waals surface area contributed by atoms with E-state index in [9.17, 15) is 10.2 Å². The number of rotatable bonds is 8. The third kappa shape index (κ3) is 5.34. The number of allylic oxidation sites excluding steroid dienone is 1. The Labute approximate surface area is 188 Å². The van der Waals surface area contributed by atoms with E-state index in [2.05, 4.69) is 31.2 Å². The second-order valence-electron chi connectivity index (χ2n) is 9.77. The molecular formula is C29H38O2. The maximum Gasteiger partial charge on any atom is 0.115 e. The van der Waals surface area contributed by atoms with Crippen LogP contribution in [-0.4, -0.2) is 10.2 Å². The molecule has 2 nitrogen and oxygen atoms in total. The lowest BCUT2D eigenvalue weighted by atomic mass is 9.81. The van der Waals surface area contributed by atoms with Gasteiger partial charge in [-0.05, 0) is 90.8 Å². The Morgan fingerprint density at radius 3 is 1.87 bits per heavy atom. The smallest absolute Gasteiger partial charge is 0.115 e. The lowest BCUT2D eigenvalue weighted by Crippen LogP contribution is -2.10. The molecule has 2 unspecified atom stereocenters. The van der Waals surface area contributed by atoms with Gasteiger partial charge >= 0.3 is 0 Å². The highest BCUT2D eigenvalue weighted by molar-refractivity contribution is 5.83. The topological polar surface area (TPSA) is 40.5 Å². The summed E-state index contributed by atoms with van der Waals surface area (Å²) in [4.78, 5) is 0. The van der Waals surface area contributed by atoms with Gasteiger partial charge in [0.1, 0.15) is 11.5 Å². The van der Waals surface area contributed by atoms with Crippen LogP contribution in [0.15, 0.2) is 54.1 Å². The highest BCUT2D eigenvalue weighted by Crippen LogP contribution is 2.48. The van der Waals surface area contributed by atoms with E-state index in [0.717, 1.165) is 18.3 Å². The summed E-state index contributed by atoms with van der Waals surface area (Å²) in [5.41, 5.74) is 5.29. The van der Waals surface area contributed by atoms with Crippen LogP contribution in [0.5, 0.6) is 11.5 Å². The third-order valence-electron chi connectivity index (χ3n) is 7.72. The van der Waals surface area contributed by atoms with E-state index < -0.39 is 0 Å². The number of phenolic OH excluding ortho intramolecular Hbond substituents is 2. The molecule has 2 fully saturated rings. The SMILES string of the molecule is CCCCCC(=C(c1ccc(O)cc1)c1ccc(O)cc1)C1CCC(C2CCCC2)C1. The lowest BCUT2D eigenvalue weighted by Gasteiger charge is -2.24. The molecule has 2 aliphatic carbocycles. The van der Waals surface area contributed by atoms with Crippen molar-refractivity contribution in [3.05, 3.63) is 65.2 Å². The molecule has 0 spiro atoms. The van der Waals surface area contributed by atoms with Crippen molar-refractivity contribution >= 4 is 5.57 Å². The minimum absolute atomic E-state index is 0.309. The Morgan fingerprint density at radius 2 is 1.32 bits per heavy atom. The molecule has 4 rings (SSSR count). The van der Waals surface area contributed by atoms with Gasteiger partial charge in [0, 0.05) is 0 Å². The van der Waals surface area contributed by atoms with E-state index in [0.29, 0.717) is 17.4 Å². The van der Waals surface area contributed by atoms with E-state index in [4.69, 9.17) is 0 Å². The van der Waals surface area contributed by atoms with Crippen LogP contribution in [-0.2, 0) is 0 Å². The van der Waals surface area contributed by atoms with Gasteiger partial charge in [-0.25, -0.2) is 0 Å². The van der Waals surface area contributed by atoms with Crippen molar-refractivity contribution in [1.82, 2.24) is 0 Å². The van der Waals surface area contributed by atoms with E-state index in [1.165, 1.54) is 80.9 Å². The number of benzene rings is 2. The zero-order valence-electron chi connectivity index (χ0n) is 19.0. The molecule has 2 aromatic carbocycles. The summed E-state index contributed by atoms with van der Waals surface area (Å²) in [5.74, 6) is 3.12. The molecule has 0 aromatic heterocycles. The van der Waals surface area contributed by atoms with Crippen molar-refractivity contribution in [3.63, 3.8) is 0 Å². The summed E-state index contributed by atoms with van der Waals surface area (Å²) in [5, 5.41) is 19.8. The highest BCUT2D eigenvalue weighted by Gasteiger charge is 2.34. The first-order valence-electron chi connectivity index (χ1n) is 12.5. The summed E-state index contributed by atoms with van der Waals surface area (Å²) in [6.45, 7) is 2.27. The molecule has 2 N–H and O–H groups in total. The van der Waals surface area contributed by atoms with Gasteiger partial charge in [0.05, 0.1) is 0 Å². The summed E-state index contributed by atoms with van der Waals surface area (Å²) >= 11 is 0. The summed E-state index contributed by atoms with van der Waals surface area (Å²) in [7, 11) is 0. The molecule has 2 aliphatic rings. The molecule has 0 heterocycles. The van der Waals surface area contributed by atoms with Gasteiger partial charge in [0.25, 0.3) is 0 Å². The molecule has 2 aromatic rings.